The van der Waals surface area contributed by atoms with Gasteiger partial charge in [0.25, 0.3) is 0 Å². The minimum atomic E-state index is -1.85. The summed E-state index contributed by atoms with van der Waals surface area (Å²) in [4.78, 5) is 64.2. The predicted molar refractivity (Wildman–Crippen MR) is 172 cm³/mol. The largest absolute Gasteiger partial charge is 0.460 e. The Balaban J connectivity index is 1.48. The van der Waals surface area contributed by atoms with Crippen molar-refractivity contribution in [2.24, 2.45) is 34.5 Å². The van der Waals surface area contributed by atoms with Crippen molar-refractivity contribution in [3.63, 3.8) is 0 Å². The van der Waals surface area contributed by atoms with Crippen molar-refractivity contribution in [3.8, 4) is 0 Å². The fourth-order valence-electron chi connectivity index (χ4n) is 8.92. The predicted octanol–water partition coefficient (Wildman–Crippen LogP) is 4.37. The van der Waals surface area contributed by atoms with Gasteiger partial charge in [0, 0.05) is 23.2 Å². The molecule has 0 aromatic carbocycles. The van der Waals surface area contributed by atoms with Crippen LogP contribution in [-0.4, -0.2) is 75.4 Å². The number of carbonyl (C=O) groups is 5. The number of alkyl carbamates (subject to hydrolysis) is 1. The molecule has 0 heterocycles. The van der Waals surface area contributed by atoms with Crippen LogP contribution in [0, 0.1) is 34.5 Å². The number of allylic oxidation sites excluding steroid dienone is 4. The number of amides is 1. The highest BCUT2D eigenvalue weighted by molar-refractivity contribution is 6.01. The Morgan fingerprint density at radius 1 is 1.06 bits per heavy atom. The second-order valence-corrected chi connectivity index (χ2v) is 16.5. The van der Waals surface area contributed by atoms with Crippen LogP contribution < -0.4 is 5.32 Å². The maximum Gasteiger partial charge on any atom is 0.408 e. The minimum Gasteiger partial charge on any atom is -0.460 e. The maximum absolute atomic E-state index is 13.8. The van der Waals surface area contributed by atoms with E-state index in [0.29, 0.717) is 6.42 Å². The van der Waals surface area contributed by atoms with Gasteiger partial charge in [-0.25, -0.2) is 9.59 Å². The quantitative estimate of drug-likeness (QED) is 0.252. The molecule has 0 spiro atoms. The molecule has 47 heavy (non-hydrogen) atoms. The summed E-state index contributed by atoms with van der Waals surface area (Å²) in [5.41, 5.74) is -3.91. The number of esters is 2. The van der Waals surface area contributed by atoms with Crippen molar-refractivity contribution < 1.29 is 48.4 Å². The first-order chi connectivity index (χ1) is 21.5. The van der Waals surface area contributed by atoms with Crippen molar-refractivity contribution in [1.29, 1.82) is 0 Å². The average molecular weight is 660 g/mol. The molecule has 11 heteroatoms. The van der Waals surface area contributed by atoms with Gasteiger partial charge in [0.05, 0.1) is 6.10 Å². The molecule has 0 aliphatic heterocycles. The van der Waals surface area contributed by atoms with Crippen molar-refractivity contribution in [3.05, 3.63) is 23.8 Å². The topological polar surface area (TPSA) is 166 Å². The highest BCUT2D eigenvalue weighted by atomic mass is 16.6. The number of aliphatic hydroxyl groups excluding tert-OH is 1. The number of ketones is 2. The molecule has 3 saturated carbocycles. The molecule has 4 aliphatic rings. The van der Waals surface area contributed by atoms with E-state index in [0.717, 1.165) is 12.0 Å². The van der Waals surface area contributed by atoms with Gasteiger partial charge in [-0.05, 0) is 104 Å². The second-order valence-electron chi connectivity index (χ2n) is 16.5. The van der Waals surface area contributed by atoms with Crippen molar-refractivity contribution >= 4 is 29.6 Å². The lowest BCUT2D eigenvalue weighted by molar-refractivity contribution is -0.183. The molecule has 3 fully saturated rings. The SMILES string of the molecule is C[C@H]1CC2C(C(O)C[C@@]3(C)C2CC[C@]3(O)C(=O)COC(=O)C(CCC(=O)OC(C)(C)C)NC(=O)OC(C)(C)C)[C@@]2(C)C=CC(=O)C=C12. The summed E-state index contributed by atoms with van der Waals surface area (Å²) in [6.45, 7) is 15.4. The summed E-state index contributed by atoms with van der Waals surface area (Å²) in [5, 5.41) is 26.2. The third kappa shape index (κ3) is 7.36. The Kier molecular flexibility index (Phi) is 9.99. The summed E-state index contributed by atoms with van der Waals surface area (Å²) in [6.07, 6.45) is 4.70. The number of hydrogen-bond donors (Lipinski definition) is 3. The van der Waals surface area contributed by atoms with Crippen molar-refractivity contribution in [2.45, 2.75) is 130 Å². The number of nitrogens with one attached hydrogen (secondary N) is 1. The van der Waals surface area contributed by atoms with Crippen LogP contribution in [0.25, 0.3) is 0 Å². The summed E-state index contributed by atoms with van der Waals surface area (Å²) >= 11 is 0. The van der Waals surface area contributed by atoms with Crippen LogP contribution >= 0.6 is 0 Å². The molecule has 1 amide bonds. The smallest absolute Gasteiger partial charge is 0.408 e. The van der Waals surface area contributed by atoms with Gasteiger partial charge in [-0.3, -0.25) is 14.4 Å². The van der Waals surface area contributed by atoms with Crippen LogP contribution in [0.2, 0.25) is 0 Å². The number of hydrogen-bond acceptors (Lipinski definition) is 10. The van der Waals surface area contributed by atoms with E-state index >= 15 is 0 Å². The molecule has 0 aromatic rings. The normalized spacial score (nSPS) is 35.4. The lowest BCUT2D eigenvalue weighted by Gasteiger charge is -2.60. The fourth-order valence-corrected chi connectivity index (χ4v) is 8.92. The molecule has 11 nitrogen and oxygen atoms in total. The molecule has 0 aromatic heterocycles. The van der Waals surface area contributed by atoms with Gasteiger partial charge in [0.2, 0.25) is 5.78 Å². The van der Waals surface area contributed by atoms with Crippen LogP contribution in [0.5, 0.6) is 0 Å². The van der Waals surface area contributed by atoms with Crippen LogP contribution in [0.15, 0.2) is 23.8 Å². The first-order valence-corrected chi connectivity index (χ1v) is 16.8. The Morgan fingerprint density at radius 3 is 2.32 bits per heavy atom. The molecule has 3 N–H and O–H groups in total. The van der Waals surface area contributed by atoms with E-state index in [1.54, 1.807) is 53.7 Å². The Labute approximate surface area is 277 Å². The molecule has 4 aliphatic carbocycles. The molecule has 4 rings (SSSR count). The molecule has 0 bridgehead atoms. The molecule has 0 saturated heterocycles. The third-order valence-corrected chi connectivity index (χ3v) is 10.8. The number of ether oxygens (including phenoxy) is 3. The highest BCUT2D eigenvalue weighted by Crippen LogP contribution is 2.67. The van der Waals surface area contributed by atoms with Crippen LogP contribution in [0.1, 0.15) is 101 Å². The van der Waals surface area contributed by atoms with E-state index in [4.69, 9.17) is 14.2 Å². The molecule has 5 unspecified atom stereocenters. The zero-order valence-corrected chi connectivity index (χ0v) is 29.3. The van der Waals surface area contributed by atoms with Gasteiger partial charge in [-0.2, -0.15) is 0 Å². The minimum absolute atomic E-state index is 0.00149. The number of carbonyl (C=O) groups excluding carboxylic acids is 5. The summed E-state index contributed by atoms with van der Waals surface area (Å²) < 4.78 is 16.0. The zero-order valence-electron chi connectivity index (χ0n) is 29.3. The molecule has 0 radical (unpaired) electrons. The summed E-state index contributed by atoms with van der Waals surface area (Å²) in [5.74, 6) is -2.43. The Bertz CT molecular complexity index is 1350. The van der Waals surface area contributed by atoms with E-state index in [2.05, 4.69) is 19.2 Å². The molecular weight excluding hydrogens is 606 g/mol. The van der Waals surface area contributed by atoms with Gasteiger partial charge >= 0.3 is 18.0 Å². The first-order valence-electron chi connectivity index (χ1n) is 16.8. The molecule has 9 atom stereocenters. The summed E-state index contributed by atoms with van der Waals surface area (Å²) in [6, 6.07) is -1.31. The maximum atomic E-state index is 13.8. The Hall–Kier alpha value is -3.05. The summed E-state index contributed by atoms with van der Waals surface area (Å²) in [7, 11) is 0. The van der Waals surface area contributed by atoms with Gasteiger partial charge in [-0.15, -0.1) is 0 Å². The number of Topliss-reactive ketones (excluding diaryl/α,β-unsaturated/α-hetero) is 1. The van der Waals surface area contributed by atoms with E-state index < -0.39 is 70.2 Å². The first kappa shape index (κ1) is 36.8. The van der Waals surface area contributed by atoms with E-state index in [-0.39, 0.29) is 55.1 Å². The molecular formula is C36H53NO10. The van der Waals surface area contributed by atoms with Crippen molar-refractivity contribution in [2.75, 3.05) is 6.61 Å². The van der Waals surface area contributed by atoms with E-state index in [1.165, 1.54) is 0 Å². The second kappa shape index (κ2) is 12.8. The monoisotopic (exact) mass is 659 g/mol. The Morgan fingerprint density at radius 2 is 1.70 bits per heavy atom. The van der Waals surface area contributed by atoms with E-state index in [9.17, 15) is 34.2 Å². The van der Waals surface area contributed by atoms with E-state index in [1.807, 2.05) is 13.0 Å². The van der Waals surface area contributed by atoms with Crippen LogP contribution in [0.3, 0.4) is 0 Å². The lowest BCUT2D eigenvalue weighted by Crippen LogP contribution is -2.62. The fraction of sp³-hybridized carbons (Fsp3) is 0.750. The van der Waals surface area contributed by atoms with Crippen LogP contribution in [-0.2, 0) is 33.4 Å². The third-order valence-electron chi connectivity index (χ3n) is 10.8. The van der Waals surface area contributed by atoms with Crippen molar-refractivity contribution in [1.82, 2.24) is 5.32 Å². The highest BCUT2D eigenvalue weighted by Gasteiger charge is 2.68. The standard InChI is InChI=1S/C36H53NO10/c1-20-16-22-23-13-15-36(44,35(23,9)18-26(39)29(22)34(8)14-12-21(38)17-24(20)34)27(40)19-45-30(42)25(37-31(43)47-33(5,6)7)10-11-28(41)46-32(2,3)4/h12,14,17,20,22-23,25-26,29,39,44H,10-11,13,15-16,18-19H2,1-9H3,(H,37,43)/t20-,22?,23?,25?,26?,29?,34-,35-,36-/m0/s1. The average Bonchev–Trinajstić information content (AvgIpc) is 3.19. The van der Waals surface area contributed by atoms with Crippen LogP contribution in [0.4, 0.5) is 4.79 Å². The van der Waals surface area contributed by atoms with Gasteiger partial charge < -0.3 is 29.7 Å². The molecule has 262 valence electrons. The number of aliphatic hydroxyl groups is 2. The van der Waals surface area contributed by atoms with Gasteiger partial charge in [0.15, 0.2) is 12.4 Å². The number of fused-ring (bicyclic) bond motifs is 5. The lowest BCUT2D eigenvalue weighted by atomic mass is 9.45. The zero-order chi connectivity index (χ0) is 35.3. The van der Waals surface area contributed by atoms with Gasteiger partial charge in [-0.1, -0.05) is 32.4 Å². The number of rotatable bonds is 8. The van der Waals surface area contributed by atoms with Gasteiger partial charge in [0.1, 0.15) is 22.8 Å².